The Bertz CT molecular complexity index is 1010. The van der Waals surface area contributed by atoms with Gasteiger partial charge in [0, 0.05) is 11.4 Å². The lowest BCUT2D eigenvalue weighted by Gasteiger charge is -2.23. The van der Waals surface area contributed by atoms with Crippen LogP contribution in [0.1, 0.15) is 76.3 Å². The van der Waals surface area contributed by atoms with E-state index >= 15 is 0 Å². The Morgan fingerprint density at radius 3 is 2.79 bits per heavy atom. The highest BCUT2D eigenvalue weighted by Crippen LogP contribution is 2.34. The Labute approximate surface area is 166 Å². The summed E-state index contributed by atoms with van der Waals surface area (Å²) in [6.45, 7) is 5.01. The molecule has 1 aliphatic rings. The molecule has 150 valence electrons. The smallest absolute Gasteiger partial charge is 0.326 e. The summed E-state index contributed by atoms with van der Waals surface area (Å²) >= 11 is 0. The van der Waals surface area contributed by atoms with Crippen molar-refractivity contribution in [2.24, 2.45) is 0 Å². The molecule has 0 atom stereocenters. The fourth-order valence-electron chi connectivity index (χ4n) is 4.53. The standard InChI is InChI=1S/C23H31N3O2/c1-3-4-5-9-12-28-20-14-16(2)13-18-21(20)24-15-19-22(18)26(23(27)25-19)17-10-7-6-8-11-17/h13-15,17H,3-12H2,1-2H3,(H,25,27). The largest absolute Gasteiger partial charge is 0.491 e. The van der Waals surface area contributed by atoms with Crippen LogP contribution in [0.5, 0.6) is 5.75 Å². The highest BCUT2D eigenvalue weighted by atomic mass is 16.5. The van der Waals surface area contributed by atoms with Gasteiger partial charge in [0.25, 0.3) is 0 Å². The number of hydrogen-bond acceptors (Lipinski definition) is 3. The Morgan fingerprint density at radius 1 is 1.18 bits per heavy atom. The van der Waals surface area contributed by atoms with E-state index in [1.165, 1.54) is 38.5 Å². The molecule has 2 aromatic heterocycles. The van der Waals surface area contributed by atoms with E-state index in [-0.39, 0.29) is 11.7 Å². The van der Waals surface area contributed by atoms with Crippen LogP contribution < -0.4 is 10.4 Å². The number of nitrogens with zero attached hydrogens (tertiary/aromatic N) is 2. The molecule has 3 aromatic rings. The fourth-order valence-corrected chi connectivity index (χ4v) is 4.53. The molecule has 0 unspecified atom stereocenters. The lowest BCUT2D eigenvalue weighted by molar-refractivity contribution is 0.308. The van der Waals surface area contributed by atoms with Crippen LogP contribution in [0.4, 0.5) is 0 Å². The zero-order valence-electron chi connectivity index (χ0n) is 17.1. The van der Waals surface area contributed by atoms with Crippen molar-refractivity contribution >= 4 is 21.9 Å². The number of imidazole rings is 1. The van der Waals surface area contributed by atoms with Crippen LogP contribution >= 0.6 is 0 Å². The van der Waals surface area contributed by atoms with Gasteiger partial charge in [0.05, 0.1) is 23.8 Å². The average molecular weight is 382 g/mol. The van der Waals surface area contributed by atoms with Gasteiger partial charge in [-0.1, -0.05) is 45.4 Å². The number of nitrogens with one attached hydrogen (secondary N) is 1. The molecule has 0 saturated heterocycles. The number of aromatic amines is 1. The highest BCUT2D eigenvalue weighted by Gasteiger charge is 2.22. The third-order valence-electron chi connectivity index (χ3n) is 5.95. The van der Waals surface area contributed by atoms with Crippen LogP contribution in [0.15, 0.2) is 23.1 Å². The molecule has 5 heteroatoms. The quantitative estimate of drug-likeness (QED) is 0.538. The zero-order chi connectivity index (χ0) is 19.5. The maximum Gasteiger partial charge on any atom is 0.326 e. The minimum Gasteiger partial charge on any atom is -0.491 e. The van der Waals surface area contributed by atoms with E-state index < -0.39 is 0 Å². The molecule has 5 nitrogen and oxygen atoms in total. The van der Waals surface area contributed by atoms with Crippen molar-refractivity contribution in [3.05, 3.63) is 34.4 Å². The summed E-state index contributed by atoms with van der Waals surface area (Å²) < 4.78 is 8.12. The molecular weight excluding hydrogens is 350 g/mol. The lowest BCUT2D eigenvalue weighted by Crippen LogP contribution is -2.24. The van der Waals surface area contributed by atoms with Gasteiger partial charge in [-0.25, -0.2) is 4.79 Å². The van der Waals surface area contributed by atoms with Gasteiger partial charge in [-0.15, -0.1) is 0 Å². The van der Waals surface area contributed by atoms with Crippen LogP contribution in [0, 0.1) is 6.92 Å². The lowest BCUT2D eigenvalue weighted by atomic mass is 9.95. The molecule has 0 amide bonds. The molecule has 0 spiro atoms. The normalized spacial score (nSPS) is 15.5. The Kier molecular flexibility index (Phi) is 5.69. The fraction of sp³-hybridized carbons (Fsp3) is 0.565. The van der Waals surface area contributed by atoms with Gasteiger partial charge in [-0.2, -0.15) is 0 Å². The summed E-state index contributed by atoms with van der Waals surface area (Å²) in [4.78, 5) is 20.5. The van der Waals surface area contributed by atoms with Gasteiger partial charge in [0.2, 0.25) is 0 Å². The minimum atomic E-state index is -0.0141. The molecule has 4 rings (SSSR count). The first-order valence-corrected chi connectivity index (χ1v) is 10.9. The highest BCUT2D eigenvalue weighted by molar-refractivity contribution is 6.04. The summed E-state index contributed by atoms with van der Waals surface area (Å²) in [6.07, 6.45) is 12.3. The molecule has 2 heterocycles. The van der Waals surface area contributed by atoms with E-state index in [1.54, 1.807) is 6.20 Å². The molecule has 1 aromatic carbocycles. The Hall–Kier alpha value is -2.30. The first-order chi connectivity index (χ1) is 13.7. The van der Waals surface area contributed by atoms with Gasteiger partial charge >= 0.3 is 5.69 Å². The van der Waals surface area contributed by atoms with Crippen molar-refractivity contribution < 1.29 is 4.74 Å². The second kappa shape index (κ2) is 8.38. The first-order valence-electron chi connectivity index (χ1n) is 10.9. The summed E-state index contributed by atoms with van der Waals surface area (Å²) in [5, 5.41) is 1.02. The van der Waals surface area contributed by atoms with Crippen molar-refractivity contribution in [1.82, 2.24) is 14.5 Å². The molecule has 1 saturated carbocycles. The molecule has 28 heavy (non-hydrogen) atoms. The molecular formula is C23H31N3O2. The van der Waals surface area contributed by atoms with Crippen molar-refractivity contribution in [2.75, 3.05) is 6.61 Å². The van der Waals surface area contributed by atoms with Crippen molar-refractivity contribution in [3.8, 4) is 5.75 Å². The number of rotatable bonds is 7. The third-order valence-corrected chi connectivity index (χ3v) is 5.95. The van der Waals surface area contributed by atoms with Gasteiger partial charge < -0.3 is 9.72 Å². The summed E-state index contributed by atoms with van der Waals surface area (Å²) in [6, 6.07) is 4.48. The minimum absolute atomic E-state index is 0.0141. The number of aryl methyl sites for hydroxylation is 1. The van der Waals surface area contributed by atoms with Crippen LogP contribution in [-0.4, -0.2) is 21.1 Å². The average Bonchev–Trinajstić information content (AvgIpc) is 3.04. The van der Waals surface area contributed by atoms with E-state index in [0.29, 0.717) is 6.61 Å². The van der Waals surface area contributed by atoms with E-state index in [0.717, 1.165) is 52.5 Å². The Morgan fingerprint density at radius 2 is 2.00 bits per heavy atom. The van der Waals surface area contributed by atoms with Crippen LogP contribution in [0.3, 0.4) is 0 Å². The SMILES string of the molecule is CCCCCCOc1cc(C)cc2c1ncc1[nH]c(=O)n(C3CCCCC3)c12. The van der Waals surface area contributed by atoms with Gasteiger partial charge in [0.1, 0.15) is 11.3 Å². The number of hydrogen-bond donors (Lipinski definition) is 1. The molecule has 0 aliphatic heterocycles. The van der Waals surface area contributed by atoms with E-state index in [9.17, 15) is 4.79 Å². The molecule has 1 aliphatic carbocycles. The maximum atomic E-state index is 12.8. The van der Waals surface area contributed by atoms with Crippen molar-refractivity contribution in [2.45, 2.75) is 77.7 Å². The number of H-pyrrole nitrogens is 1. The van der Waals surface area contributed by atoms with E-state index in [1.807, 2.05) is 4.57 Å². The molecule has 0 bridgehead atoms. The first kappa shape index (κ1) is 19.0. The number of unbranched alkanes of at least 4 members (excludes halogenated alkanes) is 3. The van der Waals surface area contributed by atoms with Crippen molar-refractivity contribution in [1.29, 1.82) is 0 Å². The van der Waals surface area contributed by atoms with Gasteiger partial charge in [-0.3, -0.25) is 9.55 Å². The topological polar surface area (TPSA) is 59.9 Å². The molecule has 0 radical (unpaired) electrons. The van der Waals surface area contributed by atoms with E-state index in [2.05, 4.69) is 35.9 Å². The number of pyridine rings is 1. The zero-order valence-corrected chi connectivity index (χ0v) is 17.1. The maximum absolute atomic E-state index is 12.8. The monoisotopic (exact) mass is 381 g/mol. The number of aromatic nitrogens is 3. The van der Waals surface area contributed by atoms with Crippen LogP contribution in [-0.2, 0) is 0 Å². The summed E-state index contributed by atoms with van der Waals surface area (Å²) in [5.41, 5.74) is 3.79. The summed E-state index contributed by atoms with van der Waals surface area (Å²) in [5.74, 6) is 0.831. The predicted octanol–water partition coefficient (Wildman–Crippen LogP) is 5.65. The second-order valence-electron chi connectivity index (χ2n) is 8.18. The number of benzene rings is 1. The van der Waals surface area contributed by atoms with Gasteiger partial charge in [0.15, 0.2) is 0 Å². The van der Waals surface area contributed by atoms with Crippen LogP contribution in [0.2, 0.25) is 0 Å². The molecule has 1 N–H and O–H groups in total. The predicted molar refractivity (Wildman–Crippen MR) is 114 cm³/mol. The number of fused-ring (bicyclic) bond motifs is 3. The van der Waals surface area contributed by atoms with Gasteiger partial charge in [-0.05, 0) is 43.9 Å². The van der Waals surface area contributed by atoms with Crippen molar-refractivity contribution in [3.63, 3.8) is 0 Å². The summed E-state index contributed by atoms with van der Waals surface area (Å²) in [7, 11) is 0. The van der Waals surface area contributed by atoms with E-state index in [4.69, 9.17) is 4.74 Å². The second-order valence-corrected chi connectivity index (χ2v) is 8.18. The Balaban J connectivity index is 1.77. The van der Waals surface area contributed by atoms with Crippen LogP contribution in [0.25, 0.3) is 21.9 Å². The third kappa shape index (κ3) is 3.67. The number of ether oxygens (including phenoxy) is 1. The molecule has 1 fully saturated rings.